The second-order valence-electron chi connectivity index (χ2n) is 4.77. The zero-order chi connectivity index (χ0) is 13.9. The van der Waals surface area contributed by atoms with Gasteiger partial charge in [-0.15, -0.1) is 0 Å². The quantitative estimate of drug-likeness (QED) is 0.846. The summed E-state index contributed by atoms with van der Waals surface area (Å²) in [5.41, 5.74) is -0.559. The van der Waals surface area contributed by atoms with Gasteiger partial charge in [0.25, 0.3) is 0 Å². The first kappa shape index (κ1) is 14.3. The van der Waals surface area contributed by atoms with Crippen LogP contribution in [-0.2, 0) is 15.6 Å². The number of sulfonamides is 1. The van der Waals surface area contributed by atoms with Gasteiger partial charge >= 0.3 is 0 Å². The fourth-order valence-corrected chi connectivity index (χ4v) is 3.34. The van der Waals surface area contributed by atoms with Crippen LogP contribution in [0.4, 0.5) is 0 Å². The summed E-state index contributed by atoms with van der Waals surface area (Å²) in [5.74, 6) is 0.687. The first-order valence-electron chi connectivity index (χ1n) is 6.39. The number of rotatable bonds is 5. The summed E-state index contributed by atoms with van der Waals surface area (Å²) in [5, 5.41) is 10.6. The number of hydrogen-bond donors (Lipinski definition) is 2. The van der Waals surface area contributed by atoms with Gasteiger partial charge in [-0.1, -0.05) is 25.1 Å². The number of nitrogens with one attached hydrogen (secondary N) is 1. The summed E-state index contributed by atoms with van der Waals surface area (Å²) < 4.78 is 31.3. The highest BCUT2D eigenvalue weighted by Gasteiger charge is 2.36. The standard InChI is InChI=1S/C13H19NO4S/c1-2-9-19(16,17)14-10-13(15)7-8-18-12-6-4-3-5-11(12)13/h3-6,14-15H,2,7-10H2,1H3. The van der Waals surface area contributed by atoms with Crippen LogP contribution < -0.4 is 9.46 Å². The van der Waals surface area contributed by atoms with Crippen molar-refractivity contribution in [2.24, 2.45) is 0 Å². The molecule has 1 unspecified atom stereocenters. The summed E-state index contributed by atoms with van der Waals surface area (Å²) in [4.78, 5) is 0. The van der Waals surface area contributed by atoms with E-state index in [0.29, 0.717) is 30.8 Å². The fourth-order valence-electron chi connectivity index (χ4n) is 2.20. The minimum atomic E-state index is -3.32. The van der Waals surface area contributed by atoms with Crippen molar-refractivity contribution >= 4 is 10.0 Å². The first-order chi connectivity index (χ1) is 8.97. The molecule has 1 heterocycles. The van der Waals surface area contributed by atoms with Crippen molar-refractivity contribution in [3.05, 3.63) is 29.8 Å². The molecular formula is C13H19NO4S. The van der Waals surface area contributed by atoms with Crippen LogP contribution in [0.25, 0.3) is 0 Å². The molecule has 5 nitrogen and oxygen atoms in total. The molecule has 0 spiro atoms. The highest BCUT2D eigenvalue weighted by atomic mass is 32.2. The van der Waals surface area contributed by atoms with Gasteiger partial charge in [-0.05, 0) is 12.5 Å². The van der Waals surface area contributed by atoms with Crippen molar-refractivity contribution in [3.63, 3.8) is 0 Å². The highest BCUT2D eigenvalue weighted by molar-refractivity contribution is 7.89. The molecule has 1 aliphatic heterocycles. The van der Waals surface area contributed by atoms with E-state index in [9.17, 15) is 13.5 Å². The fraction of sp³-hybridized carbons (Fsp3) is 0.538. The van der Waals surface area contributed by atoms with Crippen LogP contribution >= 0.6 is 0 Å². The molecule has 1 aromatic carbocycles. The molecule has 1 atom stereocenters. The molecule has 0 saturated carbocycles. The minimum absolute atomic E-state index is 0.0181. The Balaban J connectivity index is 2.16. The summed E-state index contributed by atoms with van der Waals surface area (Å²) in [6.45, 7) is 2.16. The number of aliphatic hydroxyl groups is 1. The SMILES string of the molecule is CCCS(=O)(=O)NCC1(O)CCOc2ccccc21. The average molecular weight is 285 g/mol. The highest BCUT2D eigenvalue weighted by Crippen LogP contribution is 2.36. The smallest absolute Gasteiger partial charge is 0.211 e. The third-order valence-corrected chi connectivity index (χ3v) is 4.75. The van der Waals surface area contributed by atoms with Gasteiger partial charge in [0.05, 0.1) is 12.4 Å². The molecule has 2 N–H and O–H groups in total. The van der Waals surface area contributed by atoms with Crippen molar-refractivity contribution in [2.75, 3.05) is 18.9 Å². The van der Waals surface area contributed by atoms with Crippen molar-refractivity contribution in [1.82, 2.24) is 4.72 Å². The van der Waals surface area contributed by atoms with Gasteiger partial charge in [-0.2, -0.15) is 0 Å². The Morgan fingerprint density at radius 2 is 2.16 bits per heavy atom. The van der Waals surface area contributed by atoms with Gasteiger partial charge in [-0.3, -0.25) is 0 Å². The van der Waals surface area contributed by atoms with Gasteiger partial charge in [0.15, 0.2) is 0 Å². The Hall–Kier alpha value is -1.11. The van der Waals surface area contributed by atoms with Crippen LogP contribution in [0.3, 0.4) is 0 Å². The lowest BCUT2D eigenvalue weighted by molar-refractivity contribution is 0.00219. The summed E-state index contributed by atoms with van der Waals surface area (Å²) in [7, 11) is -3.32. The number of hydrogen-bond acceptors (Lipinski definition) is 4. The van der Waals surface area contributed by atoms with E-state index in [4.69, 9.17) is 4.74 Å². The van der Waals surface area contributed by atoms with E-state index in [0.717, 1.165) is 0 Å². The van der Waals surface area contributed by atoms with E-state index in [1.807, 2.05) is 6.07 Å². The average Bonchev–Trinajstić information content (AvgIpc) is 2.38. The molecule has 1 aliphatic rings. The molecule has 0 radical (unpaired) electrons. The second-order valence-corrected chi connectivity index (χ2v) is 6.69. The Bertz CT molecular complexity index is 543. The van der Waals surface area contributed by atoms with E-state index in [2.05, 4.69) is 4.72 Å². The van der Waals surface area contributed by atoms with Crippen molar-refractivity contribution in [1.29, 1.82) is 0 Å². The maximum Gasteiger partial charge on any atom is 0.211 e. The molecular weight excluding hydrogens is 266 g/mol. The summed E-state index contributed by atoms with van der Waals surface area (Å²) >= 11 is 0. The van der Waals surface area contributed by atoms with E-state index in [1.165, 1.54) is 0 Å². The molecule has 0 aliphatic carbocycles. The van der Waals surface area contributed by atoms with Gasteiger partial charge in [0.2, 0.25) is 10.0 Å². The number of fused-ring (bicyclic) bond motifs is 1. The van der Waals surface area contributed by atoms with Crippen molar-refractivity contribution in [2.45, 2.75) is 25.4 Å². The van der Waals surface area contributed by atoms with Gasteiger partial charge in [-0.25, -0.2) is 13.1 Å². The molecule has 2 rings (SSSR count). The molecule has 106 valence electrons. The monoisotopic (exact) mass is 285 g/mol. The van der Waals surface area contributed by atoms with E-state index in [-0.39, 0.29) is 12.3 Å². The topological polar surface area (TPSA) is 75.6 Å². The molecule has 6 heteroatoms. The van der Waals surface area contributed by atoms with Gasteiger partial charge < -0.3 is 9.84 Å². The zero-order valence-electron chi connectivity index (χ0n) is 10.9. The van der Waals surface area contributed by atoms with Crippen molar-refractivity contribution in [3.8, 4) is 5.75 Å². The maximum atomic E-state index is 11.7. The Morgan fingerprint density at radius 1 is 1.42 bits per heavy atom. The molecule has 19 heavy (non-hydrogen) atoms. The van der Waals surface area contributed by atoms with Crippen LogP contribution in [0.15, 0.2) is 24.3 Å². The lowest BCUT2D eigenvalue weighted by Gasteiger charge is -2.34. The number of para-hydroxylation sites is 1. The first-order valence-corrected chi connectivity index (χ1v) is 8.04. The molecule has 0 fully saturated rings. The Kier molecular flexibility index (Phi) is 4.13. The number of ether oxygens (including phenoxy) is 1. The zero-order valence-corrected chi connectivity index (χ0v) is 11.7. The van der Waals surface area contributed by atoms with E-state index >= 15 is 0 Å². The third kappa shape index (κ3) is 3.26. The van der Waals surface area contributed by atoms with Crippen LogP contribution in [-0.4, -0.2) is 32.4 Å². The molecule has 0 saturated heterocycles. The van der Waals surface area contributed by atoms with Gasteiger partial charge in [0, 0.05) is 18.5 Å². The lowest BCUT2D eigenvalue weighted by atomic mass is 9.88. The van der Waals surface area contributed by atoms with E-state index < -0.39 is 15.6 Å². The summed E-state index contributed by atoms with van der Waals surface area (Å²) in [6, 6.07) is 7.17. The summed E-state index contributed by atoms with van der Waals surface area (Å²) in [6.07, 6.45) is 0.923. The van der Waals surface area contributed by atoms with Gasteiger partial charge in [0.1, 0.15) is 11.4 Å². The van der Waals surface area contributed by atoms with Crippen LogP contribution in [0, 0.1) is 0 Å². The predicted molar refractivity (Wildman–Crippen MR) is 72.5 cm³/mol. The molecule has 1 aromatic rings. The van der Waals surface area contributed by atoms with Crippen molar-refractivity contribution < 1.29 is 18.3 Å². The van der Waals surface area contributed by atoms with E-state index in [1.54, 1.807) is 25.1 Å². The molecule has 0 aromatic heterocycles. The maximum absolute atomic E-state index is 11.7. The lowest BCUT2D eigenvalue weighted by Crippen LogP contribution is -2.44. The Labute approximate surface area is 113 Å². The minimum Gasteiger partial charge on any atom is -0.493 e. The van der Waals surface area contributed by atoms with Crippen LogP contribution in [0.1, 0.15) is 25.3 Å². The third-order valence-electron chi connectivity index (χ3n) is 3.22. The Morgan fingerprint density at radius 3 is 2.89 bits per heavy atom. The van der Waals surface area contributed by atoms with Crippen LogP contribution in [0.2, 0.25) is 0 Å². The number of benzene rings is 1. The normalized spacial score (nSPS) is 22.6. The molecule has 0 amide bonds. The largest absolute Gasteiger partial charge is 0.493 e. The van der Waals surface area contributed by atoms with Crippen LogP contribution in [0.5, 0.6) is 5.75 Å². The molecule has 0 bridgehead atoms. The second kappa shape index (κ2) is 5.48. The predicted octanol–water partition coefficient (Wildman–Crippen LogP) is 0.986.